The molecule has 1 aromatic carbocycles. The number of primary amides is 1. The first kappa shape index (κ1) is 15.4. The predicted molar refractivity (Wildman–Crippen MR) is 74.0 cm³/mol. The lowest BCUT2D eigenvalue weighted by Crippen LogP contribution is -2.29. The van der Waals surface area contributed by atoms with Crippen molar-refractivity contribution in [1.82, 2.24) is 0 Å². The zero-order chi connectivity index (χ0) is 15.1. The molecule has 0 saturated carbocycles. The Morgan fingerprint density at radius 3 is 2.35 bits per heavy atom. The van der Waals surface area contributed by atoms with Gasteiger partial charge in [0.05, 0.1) is 0 Å². The molecule has 0 bridgehead atoms. The molecular formula is C14H16N2O4. The zero-order valence-electron chi connectivity index (χ0n) is 11.3. The number of nitrogens with two attached hydrogens (primary N) is 1. The highest BCUT2D eigenvalue weighted by molar-refractivity contribution is 5.97. The van der Waals surface area contributed by atoms with Crippen LogP contribution < -0.4 is 11.1 Å². The van der Waals surface area contributed by atoms with E-state index in [0.29, 0.717) is 11.3 Å². The molecule has 1 rings (SSSR count). The predicted octanol–water partition coefficient (Wildman–Crippen LogP) is 1.23. The van der Waals surface area contributed by atoms with Crippen molar-refractivity contribution < 1.29 is 19.1 Å². The highest BCUT2D eigenvalue weighted by Gasteiger charge is 2.16. The topological polar surface area (TPSA) is 98.5 Å². The molecule has 2 amide bonds. The lowest BCUT2D eigenvalue weighted by atomic mass is 10.2. The minimum absolute atomic E-state index is 0.343. The van der Waals surface area contributed by atoms with Gasteiger partial charge in [0, 0.05) is 17.3 Å². The van der Waals surface area contributed by atoms with E-state index in [1.807, 2.05) is 0 Å². The van der Waals surface area contributed by atoms with Gasteiger partial charge in [-0.25, -0.2) is 4.79 Å². The van der Waals surface area contributed by atoms with E-state index >= 15 is 0 Å². The Morgan fingerprint density at radius 1 is 1.25 bits per heavy atom. The smallest absolute Gasteiger partial charge is 0.331 e. The van der Waals surface area contributed by atoms with Crippen LogP contribution in [-0.4, -0.2) is 23.9 Å². The van der Waals surface area contributed by atoms with Gasteiger partial charge in [-0.1, -0.05) is 6.08 Å². The Bertz CT molecular complexity index is 535. The lowest BCUT2D eigenvalue weighted by Gasteiger charge is -2.12. The molecule has 6 heteroatoms. The van der Waals surface area contributed by atoms with Crippen LogP contribution >= 0.6 is 0 Å². The first-order valence-electron chi connectivity index (χ1n) is 5.98. The average Bonchev–Trinajstić information content (AvgIpc) is 2.39. The van der Waals surface area contributed by atoms with Gasteiger partial charge >= 0.3 is 5.97 Å². The van der Waals surface area contributed by atoms with Gasteiger partial charge in [0.15, 0.2) is 6.10 Å². The van der Waals surface area contributed by atoms with E-state index in [2.05, 4.69) is 5.32 Å². The molecule has 0 aliphatic rings. The fourth-order valence-corrected chi connectivity index (χ4v) is 1.36. The van der Waals surface area contributed by atoms with Crippen LogP contribution in [-0.2, 0) is 14.3 Å². The minimum Gasteiger partial charge on any atom is -0.449 e. The number of amides is 2. The molecule has 0 aliphatic carbocycles. The molecule has 0 aromatic heterocycles. The summed E-state index contributed by atoms with van der Waals surface area (Å²) in [5, 5.41) is 2.56. The lowest BCUT2D eigenvalue weighted by molar-refractivity contribution is -0.148. The van der Waals surface area contributed by atoms with Gasteiger partial charge in [0.2, 0.25) is 5.91 Å². The Kier molecular flexibility index (Phi) is 5.46. The van der Waals surface area contributed by atoms with Crippen molar-refractivity contribution in [2.45, 2.75) is 20.0 Å². The zero-order valence-corrected chi connectivity index (χ0v) is 11.3. The summed E-state index contributed by atoms with van der Waals surface area (Å²) in [6.45, 7) is 3.14. The molecule has 6 nitrogen and oxygen atoms in total. The number of hydrogen-bond donors (Lipinski definition) is 2. The highest BCUT2D eigenvalue weighted by atomic mass is 16.5. The molecule has 1 atom stereocenters. The number of nitrogens with one attached hydrogen (secondary N) is 1. The third kappa shape index (κ3) is 4.56. The number of benzene rings is 1. The summed E-state index contributed by atoms with van der Waals surface area (Å²) < 4.78 is 4.87. The molecular weight excluding hydrogens is 260 g/mol. The molecule has 106 valence electrons. The largest absolute Gasteiger partial charge is 0.449 e. The van der Waals surface area contributed by atoms with E-state index in [0.717, 1.165) is 0 Å². The molecule has 0 aliphatic heterocycles. The van der Waals surface area contributed by atoms with Crippen molar-refractivity contribution in [3.8, 4) is 0 Å². The first-order valence-corrected chi connectivity index (χ1v) is 5.98. The normalized spacial score (nSPS) is 11.9. The van der Waals surface area contributed by atoms with E-state index in [9.17, 15) is 14.4 Å². The van der Waals surface area contributed by atoms with E-state index < -0.39 is 23.9 Å². The minimum atomic E-state index is -0.922. The summed E-state index contributed by atoms with van der Waals surface area (Å²) >= 11 is 0. The highest BCUT2D eigenvalue weighted by Crippen LogP contribution is 2.10. The summed E-state index contributed by atoms with van der Waals surface area (Å²) in [6, 6.07) is 6.07. The van der Waals surface area contributed by atoms with Crippen LogP contribution in [0.3, 0.4) is 0 Å². The second-order valence-corrected chi connectivity index (χ2v) is 4.01. The fraction of sp³-hybridized carbons (Fsp3) is 0.214. The van der Waals surface area contributed by atoms with Crippen molar-refractivity contribution >= 4 is 23.5 Å². The van der Waals surface area contributed by atoms with Crippen LogP contribution in [0.25, 0.3) is 0 Å². The maximum atomic E-state index is 11.8. The number of carbonyl (C=O) groups excluding carboxylic acids is 3. The maximum absolute atomic E-state index is 11.8. The summed E-state index contributed by atoms with van der Waals surface area (Å²) in [6.07, 6.45) is 1.83. The summed E-state index contributed by atoms with van der Waals surface area (Å²) in [5.74, 6) is -1.59. The van der Waals surface area contributed by atoms with Crippen LogP contribution in [0.2, 0.25) is 0 Å². The molecule has 0 saturated heterocycles. The number of rotatable bonds is 5. The molecule has 0 radical (unpaired) electrons. The Morgan fingerprint density at radius 2 is 1.85 bits per heavy atom. The van der Waals surface area contributed by atoms with Crippen molar-refractivity contribution in [3.05, 3.63) is 42.0 Å². The van der Waals surface area contributed by atoms with E-state index in [1.54, 1.807) is 19.1 Å². The maximum Gasteiger partial charge on any atom is 0.331 e. The SMILES string of the molecule is C/C=C/C(=O)O[C@@H](C)C(=O)Nc1ccc(C(N)=O)cc1. The van der Waals surface area contributed by atoms with E-state index in [4.69, 9.17) is 10.5 Å². The van der Waals surface area contributed by atoms with E-state index in [1.165, 1.54) is 31.2 Å². The Hall–Kier alpha value is -2.63. The molecule has 0 heterocycles. The van der Waals surface area contributed by atoms with Crippen molar-refractivity contribution in [2.24, 2.45) is 5.73 Å². The molecule has 20 heavy (non-hydrogen) atoms. The quantitative estimate of drug-likeness (QED) is 0.624. The number of allylic oxidation sites excluding steroid dienone is 1. The molecule has 0 fully saturated rings. The molecule has 3 N–H and O–H groups in total. The van der Waals surface area contributed by atoms with Gasteiger partial charge in [-0.05, 0) is 38.1 Å². The number of esters is 1. The van der Waals surface area contributed by atoms with Gasteiger partial charge in [-0.2, -0.15) is 0 Å². The monoisotopic (exact) mass is 276 g/mol. The van der Waals surface area contributed by atoms with Crippen LogP contribution in [0.15, 0.2) is 36.4 Å². The summed E-state index contributed by atoms with van der Waals surface area (Å²) in [7, 11) is 0. The van der Waals surface area contributed by atoms with Gasteiger partial charge < -0.3 is 15.8 Å². The summed E-state index contributed by atoms with van der Waals surface area (Å²) in [4.78, 5) is 33.9. The van der Waals surface area contributed by atoms with Gasteiger partial charge in [-0.3, -0.25) is 9.59 Å². The van der Waals surface area contributed by atoms with Crippen LogP contribution in [0, 0.1) is 0 Å². The van der Waals surface area contributed by atoms with Crippen molar-refractivity contribution in [2.75, 3.05) is 5.32 Å². The van der Waals surface area contributed by atoms with E-state index in [-0.39, 0.29) is 0 Å². The molecule has 0 unspecified atom stereocenters. The fourth-order valence-electron chi connectivity index (χ4n) is 1.36. The Labute approximate surface area is 116 Å². The standard InChI is InChI=1S/C14H16N2O4/c1-3-4-12(17)20-9(2)14(19)16-11-7-5-10(6-8-11)13(15)18/h3-9H,1-2H3,(H2,15,18)(H,16,19)/b4-3+/t9-/m0/s1. The van der Waals surface area contributed by atoms with Crippen LogP contribution in [0.1, 0.15) is 24.2 Å². The van der Waals surface area contributed by atoms with Gasteiger partial charge in [-0.15, -0.1) is 0 Å². The average molecular weight is 276 g/mol. The molecule has 1 aromatic rings. The Balaban J connectivity index is 2.61. The van der Waals surface area contributed by atoms with Crippen LogP contribution in [0.4, 0.5) is 5.69 Å². The van der Waals surface area contributed by atoms with Gasteiger partial charge in [0.25, 0.3) is 5.91 Å². The third-order valence-electron chi connectivity index (χ3n) is 2.40. The second kappa shape index (κ2) is 7.08. The summed E-state index contributed by atoms with van der Waals surface area (Å²) in [5.41, 5.74) is 5.93. The number of ether oxygens (including phenoxy) is 1. The second-order valence-electron chi connectivity index (χ2n) is 4.01. The first-order chi connectivity index (χ1) is 9.43. The number of carbonyl (C=O) groups is 3. The van der Waals surface area contributed by atoms with Crippen molar-refractivity contribution in [1.29, 1.82) is 0 Å². The molecule has 0 spiro atoms. The van der Waals surface area contributed by atoms with Crippen LogP contribution in [0.5, 0.6) is 0 Å². The third-order valence-corrected chi connectivity index (χ3v) is 2.40. The number of hydrogen-bond acceptors (Lipinski definition) is 4. The van der Waals surface area contributed by atoms with Gasteiger partial charge in [0.1, 0.15) is 0 Å². The van der Waals surface area contributed by atoms with Crippen molar-refractivity contribution in [3.63, 3.8) is 0 Å². The number of anilines is 1.